The minimum atomic E-state index is -0.356. The van der Waals surface area contributed by atoms with Crippen LogP contribution in [0.2, 0.25) is 0 Å². The van der Waals surface area contributed by atoms with Gasteiger partial charge in [-0.1, -0.05) is 19.1 Å². The van der Waals surface area contributed by atoms with Gasteiger partial charge in [0.05, 0.1) is 25.8 Å². The maximum absolute atomic E-state index is 12.0. The molecule has 2 rings (SSSR count). The average molecular weight is 356 g/mol. The third kappa shape index (κ3) is 6.22. The fraction of sp³-hybridized carbons (Fsp3) is 0.300. The van der Waals surface area contributed by atoms with Gasteiger partial charge >= 0.3 is 5.97 Å². The first-order chi connectivity index (χ1) is 12.6. The van der Waals surface area contributed by atoms with Gasteiger partial charge in [0, 0.05) is 12.2 Å². The fourth-order valence-electron chi connectivity index (χ4n) is 2.24. The molecule has 0 unspecified atom stereocenters. The summed E-state index contributed by atoms with van der Waals surface area (Å²) in [4.78, 5) is 23.7. The molecule has 26 heavy (non-hydrogen) atoms. The van der Waals surface area contributed by atoms with Gasteiger partial charge in [-0.3, -0.25) is 4.79 Å². The van der Waals surface area contributed by atoms with Gasteiger partial charge in [0.2, 0.25) is 5.91 Å². The number of benzene rings is 2. The van der Waals surface area contributed by atoms with Crippen molar-refractivity contribution in [3.63, 3.8) is 0 Å². The number of anilines is 1. The standard InChI is InChI=1S/C20H24N2O4/c1-3-12-26-20(24)16-6-8-17(9-7-16)22-19(23)14-21-13-15-4-10-18(25-2)11-5-15/h4-11,21H,3,12-14H2,1-2H3,(H,22,23). The van der Waals surface area contributed by atoms with E-state index in [1.807, 2.05) is 31.2 Å². The van der Waals surface area contributed by atoms with Crippen LogP contribution in [0, 0.1) is 0 Å². The summed E-state index contributed by atoms with van der Waals surface area (Å²) in [6.45, 7) is 3.11. The van der Waals surface area contributed by atoms with E-state index in [1.54, 1.807) is 31.4 Å². The van der Waals surface area contributed by atoms with Crippen molar-refractivity contribution < 1.29 is 19.1 Å². The molecule has 0 saturated heterocycles. The van der Waals surface area contributed by atoms with Crippen LogP contribution < -0.4 is 15.4 Å². The summed E-state index contributed by atoms with van der Waals surface area (Å²) in [5.74, 6) is 0.291. The molecule has 2 aromatic rings. The van der Waals surface area contributed by atoms with Crippen LogP contribution in [0.15, 0.2) is 48.5 Å². The minimum absolute atomic E-state index is 0.153. The molecule has 1 amide bonds. The Hall–Kier alpha value is -2.86. The first-order valence-electron chi connectivity index (χ1n) is 8.53. The largest absolute Gasteiger partial charge is 0.497 e. The minimum Gasteiger partial charge on any atom is -0.497 e. The van der Waals surface area contributed by atoms with Crippen molar-refractivity contribution >= 4 is 17.6 Å². The van der Waals surface area contributed by atoms with Gasteiger partial charge in [0.25, 0.3) is 0 Å². The van der Waals surface area contributed by atoms with E-state index in [0.717, 1.165) is 17.7 Å². The number of carbonyl (C=O) groups is 2. The van der Waals surface area contributed by atoms with E-state index in [1.165, 1.54) is 0 Å². The van der Waals surface area contributed by atoms with Crippen LogP contribution in [0.5, 0.6) is 5.75 Å². The van der Waals surface area contributed by atoms with Crippen LogP contribution >= 0.6 is 0 Å². The number of amides is 1. The van der Waals surface area contributed by atoms with Crippen molar-refractivity contribution in [1.82, 2.24) is 5.32 Å². The highest BCUT2D eigenvalue weighted by Gasteiger charge is 2.07. The van der Waals surface area contributed by atoms with E-state index in [2.05, 4.69) is 10.6 Å². The monoisotopic (exact) mass is 356 g/mol. The van der Waals surface area contributed by atoms with Crippen molar-refractivity contribution in [2.45, 2.75) is 19.9 Å². The predicted octanol–water partition coefficient (Wildman–Crippen LogP) is 2.99. The summed E-state index contributed by atoms with van der Waals surface area (Å²) in [6.07, 6.45) is 0.781. The number of nitrogens with one attached hydrogen (secondary N) is 2. The van der Waals surface area contributed by atoms with Crippen LogP contribution in [0.4, 0.5) is 5.69 Å². The first-order valence-corrected chi connectivity index (χ1v) is 8.53. The average Bonchev–Trinajstić information content (AvgIpc) is 2.67. The van der Waals surface area contributed by atoms with E-state index < -0.39 is 0 Å². The molecule has 2 N–H and O–H groups in total. The Kier molecular flexibility index (Phi) is 7.64. The van der Waals surface area contributed by atoms with Crippen molar-refractivity contribution in [2.75, 3.05) is 25.6 Å². The molecule has 6 heteroatoms. The molecule has 0 aliphatic heterocycles. The number of ether oxygens (including phenoxy) is 2. The Labute approximate surface area is 153 Å². The van der Waals surface area contributed by atoms with Gasteiger partial charge in [-0.25, -0.2) is 4.79 Å². The third-order valence-corrected chi connectivity index (χ3v) is 3.62. The van der Waals surface area contributed by atoms with E-state index in [-0.39, 0.29) is 18.4 Å². The molecular weight excluding hydrogens is 332 g/mol. The molecular formula is C20H24N2O4. The molecule has 6 nitrogen and oxygen atoms in total. The normalized spacial score (nSPS) is 10.2. The van der Waals surface area contributed by atoms with Crippen LogP contribution in [0.25, 0.3) is 0 Å². The lowest BCUT2D eigenvalue weighted by atomic mass is 10.2. The SMILES string of the molecule is CCCOC(=O)c1ccc(NC(=O)CNCc2ccc(OC)cc2)cc1. The maximum atomic E-state index is 12.0. The van der Waals surface area contributed by atoms with Crippen LogP contribution in [-0.4, -0.2) is 32.1 Å². The smallest absolute Gasteiger partial charge is 0.338 e. The number of esters is 1. The lowest BCUT2D eigenvalue weighted by molar-refractivity contribution is -0.115. The van der Waals surface area contributed by atoms with E-state index >= 15 is 0 Å². The highest BCUT2D eigenvalue weighted by molar-refractivity contribution is 5.94. The second-order valence-corrected chi connectivity index (χ2v) is 5.71. The van der Waals surface area contributed by atoms with Crippen molar-refractivity contribution in [2.24, 2.45) is 0 Å². The molecule has 0 aliphatic carbocycles. The van der Waals surface area contributed by atoms with Crippen LogP contribution in [-0.2, 0) is 16.1 Å². The van der Waals surface area contributed by atoms with Crippen LogP contribution in [0.1, 0.15) is 29.3 Å². The molecule has 0 radical (unpaired) electrons. The van der Waals surface area contributed by atoms with Gasteiger partial charge < -0.3 is 20.1 Å². The highest BCUT2D eigenvalue weighted by atomic mass is 16.5. The van der Waals surface area contributed by atoms with E-state index in [9.17, 15) is 9.59 Å². The summed E-state index contributed by atoms with van der Waals surface area (Å²) in [7, 11) is 1.62. The molecule has 0 atom stereocenters. The van der Waals surface area contributed by atoms with Gasteiger partial charge in [-0.2, -0.15) is 0 Å². The Morgan fingerprint density at radius 3 is 2.31 bits per heavy atom. The summed E-state index contributed by atoms with van der Waals surface area (Å²) in [6, 6.07) is 14.3. The van der Waals surface area contributed by atoms with E-state index in [4.69, 9.17) is 9.47 Å². The quantitative estimate of drug-likeness (QED) is 0.676. The highest BCUT2D eigenvalue weighted by Crippen LogP contribution is 2.12. The lowest BCUT2D eigenvalue weighted by Crippen LogP contribution is -2.27. The van der Waals surface area contributed by atoms with Crippen LogP contribution in [0.3, 0.4) is 0 Å². The molecule has 0 spiro atoms. The Balaban J connectivity index is 1.75. The van der Waals surface area contributed by atoms with Crippen molar-refractivity contribution in [3.8, 4) is 5.75 Å². The fourth-order valence-corrected chi connectivity index (χ4v) is 2.24. The second kappa shape index (κ2) is 10.2. The summed E-state index contributed by atoms with van der Waals surface area (Å²) in [5.41, 5.74) is 2.16. The zero-order chi connectivity index (χ0) is 18.8. The van der Waals surface area contributed by atoms with Gasteiger partial charge in [0.1, 0.15) is 5.75 Å². The number of methoxy groups -OCH3 is 1. The van der Waals surface area contributed by atoms with Crippen molar-refractivity contribution in [1.29, 1.82) is 0 Å². The summed E-state index contributed by atoms with van der Waals surface area (Å²) in [5, 5.41) is 5.87. The van der Waals surface area contributed by atoms with E-state index in [0.29, 0.717) is 24.4 Å². The Bertz CT molecular complexity index is 712. The molecule has 0 bridgehead atoms. The zero-order valence-corrected chi connectivity index (χ0v) is 15.1. The van der Waals surface area contributed by atoms with Crippen molar-refractivity contribution in [3.05, 3.63) is 59.7 Å². The molecule has 2 aromatic carbocycles. The van der Waals surface area contributed by atoms with Gasteiger partial charge in [-0.05, 0) is 48.4 Å². The number of hydrogen-bond donors (Lipinski definition) is 2. The zero-order valence-electron chi connectivity index (χ0n) is 15.1. The predicted molar refractivity (Wildman–Crippen MR) is 100 cm³/mol. The lowest BCUT2D eigenvalue weighted by Gasteiger charge is -2.08. The third-order valence-electron chi connectivity index (χ3n) is 3.62. The summed E-state index contributed by atoms with van der Waals surface area (Å²) < 4.78 is 10.2. The number of carbonyl (C=O) groups excluding carboxylic acids is 2. The second-order valence-electron chi connectivity index (χ2n) is 5.71. The number of rotatable bonds is 9. The molecule has 0 heterocycles. The van der Waals surface area contributed by atoms with Gasteiger partial charge in [-0.15, -0.1) is 0 Å². The Morgan fingerprint density at radius 2 is 1.69 bits per heavy atom. The molecule has 0 aromatic heterocycles. The first kappa shape index (κ1) is 19.5. The Morgan fingerprint density at radius 1 is 1.00 bits per heavy atom. The summed E-state index contributed by atoms with van der Waals surface area (Å²) >= 11 is 0. The molecule has 138 valence electrons. The number of hydrogen-bond acceptors (Lipinski definition) is 5. The maximum Gasteiger partial charge on any atom is 0.338 e. The molecule has 0 saturated carbocycles. The topological polar surface area (TPSA) is 76.7 Å². The molecule has 0 fully saturated rings. The van der Waals surface area contributed by atoms with Gasteiger partial charge in [0.15, 0.2) is 0 Å². The molecule has 0 aliphatic rings.